The smallest absolute Gasteiger partial charge is 0.241 e. The van der Waals surface area contributed by atoms with Crippen molar-refractivity contribution in [3.05, 3.63) is 0 Å². The molecule has 1 N–H and O–H groups in total. The molecule has 0 aromatic heterocycles. The van der Waals surface area contributed by atoms with Gasteiger partial charge in [0, 0.05) is 32.7 Å². The first-order chi connectivity index (χ1) is 6.57. The van der Waals surface area contributed by atoms with Gasteiger partial charge in [0.25, 0.3) is 0 Å². The van der Waals surface area contributed by atoms with E-state index in [-0.39, 0.29) is 11.9 Å². The number of rotatable bonds is 3. The number of nitrogens with one attached hydrogen (secondary N) is 1. The fraction of sp³-hybridized carbons (Fsp3) is 0.900. The molecule has 4 nitrogen and oxygen atoms in total. The molecule has 0 saturated carbocycles. The van der Waals surface area contributed by atoms with Crippen LogP contribution in [-0.2, 0) is 4.79 Å². The van der Waals surface area contributed by atoms with E-state index in [1.807, 2.05) is 19.0 Å². The maximum Gasteiger partial charge on any atom is 0.241 e. The molecule has 1 saturated heterocycles. The highest BCUT2D eigenvalue weighted by molar-refractivity contribution is 5.82. The van der Waals surface area contributed by atoms with Gasteiger partial charge in [0.2, 0.25) is 5.91 Å². The molecular formula is C10H21N3O. The predicted molar refractivity (Wildman–Crippen MR) is 57.2 cm³/mol. The fourth-order valence-corrected chi connectivity index (χ4v) is 1.94. The molecule has 0 aliphatic carbocycles. The summed E-state index contributed by atoms with van der Waals surface area (Å²) in [7, 11) is 3.77. The number of hydrogen-bond acceptors (Lipinski definition) is 3. The van der Waals surface area contributed by atoms with Crippen molar-refractivity contribution < 1.29 is 4.79 Å². The lowest BCUT2D eigenvalue weighted by Gasteiger charge is -2.41. The van der Waals surface area contributed by atoms with Crippen LogP contribution in [0.5, 0.6) is 0 Å². The standard InChI is InChI=1S/C10H21N3O/c1-8(2)13-6-5-12(4)10(14)9(13)7-11-3/h8-9,11H,5-7H2,1-4H3. The van der Waals surface area contributed by atoms with Gasteiger partial charge in [-0.15, -0.1) is 0 Å². The minimum atomic E-state index is 0.0127. The van der Waals surface area contributed by atoms with Crippen LogP contribution >= 0.6 is 0 Å². The van der Waals surface area contributed by atoms with Gasteiger partial charge in [-0.05, 0) is 20.9 Å². The van der Waals surface area contributed by atoms with Crippen LogP contribution in [-0.4, -0.2) is 61.5 Å². The van der Waals surface area contributed by atoms with Crippen LogP contribution < -0.4 is 5.32 Å². The van der Waals surface area contributed by atoms with E-state index in [9.17, 15) is 4.79 Å². The Labute approximate surface area is 86.2 Å². The van der Waals surface area contributed by atoms with Gasteiger partial charge < -0.3 is 10.2 Å². The van der Waals surface area contributed by atoms with Crippen molar-refractivity contribution >= 4 is 5.91 Å². The molecule has 1 amide bonds. The third-order valence-corrected chi connectivity index (χ3v) is 2.82. The summed E-state index contributed by atoms with van der Waals surface area (Å²) in [5.74, 6) is 0.235. The van der Waals surface area contributed by atoms with E-state index in [1.165, 1.54) is 0 Å². The van der Waals surface area contributed by atoms with Crippen LogP contribution in [0.2, 0.25) is 0 Å². The van der Waals surface area contributed by atoms with E-state index in [0.717, 1.165) is 19.6 Å². The Balaban J connectivity index is 2.71. The molecule has 82 valence electrons. The Morgan fingerprint density at radius 3 is 2.64 bits per heavy atom. The van der Waals surface area contributed by atoms with Crippen LogP contribution in [0, 0.1) is 0 Å². The van der Waals surface area contributed by atoms with E-state index in [2.05, 4.69) is 24.1 Å². The summed E-state index contributed by atoms with van der Waals surface area (Å²) in [6, 6.07) is 0.449. The SMILES string of the molecule is CNCC1C(=O)N(C)CCN1C(C)C. The number of carbonyl (C=O) groups is 1. The molecule has 4 heteroatoms. The maximum atomic E-state index is 11.9. The molecule has 0 bridgehead atoms. The van der Waals surface area contributed by atoms with Gasteiger partial charge in [0.15, 0.2) is 0 Å². The van der Waals surface area contributed by atoms with Gasteiger partial charge in [-0.2, -0.15) is 0 Å². The summed E-state index contributed by atoms with van der Waals surface area (Å²) in [6.07, 6.45) is 0. The van der Waals surface area contributed by atoms with E-state index in [0.29, 0.717) is 6.04 Å². The zero-order valence-corrected chi connectivity index (χ0v) is 9.58. The first-order valence-corrected chi connectivity index (χ1v) is 5.23. The molecule has 1 atom stereocenters. The van der Waals surface area contributed by atoms with Gasteiger partial charge in [-0.25, -0.2) is 0 Å². The molecular weight excluding hydrogens is 178 g/mol. The van der Waals surface area contributed by atoms with Crippen molar-refractivity contribution in [2.45, 2.75) is 25.9 Å². The first kappa shape index (κ1) is 11.5. The molecule has 0 spiro atoms. The van der Waals surface area contributed by atoms with Crippen molar-refractivity contribution in [2.24, 2.45) is 0 Å². The zero-order valence-electron chi connectivity index (χ0n) is 9.58. The highest BCUT2D eigenvalue weighted by Gasteiger charge is 2.33. The lowest BCUT2D eigenvalue weighted by Crippen LogP contribution is -2.60. The molecule has 0 aromatic rings. The fourth-order valence-electron chi connectivity index (χ4n) is 1.94. The molecule has 0 radical (unpaired) electrons. The lowest BCUT2D eigenvalue weighted by atomic mass is 10.1. The number of likely N-dealkylation sites (N-methyl/N-ethyl adjacent to an activating group) is 2. The van der Waals surface area contributed by atoms with E-state index in [1.54, 1.807) is 0 Å². The Hall–Kier alpha value is -0.610. The Kier molecular flexibility index (Phi) is 3.89. The number of carbonyl (C=O) groups excluding carboxylic acids is 1. The van der Waals surface area contributed by atoms with E-state index in [4.69, 9.17) is 0 Å². The Bertz CT molecular complexity index is 206. The summed E-state index contributed by atoms with van der Waals surface area (Å²) in [5.41, 5.74) is 0. The zero-order chi connectivity index (χ0) is 10.7. The third-order valence-electron chi connectivity index (χ3n) is 2.82. The quantitative estimate of drug-likeness (QED) is 0.681. The van der Waals surface area contributed by atoms with Crippen LogP contribution in [0.15, 0.2) is 0 Å². The predicted octanol–water partition coefficient (Wildman–Crippen LogP) is -0.243. The van der Waals surface area contributed by atoms with Crippen molar-refractivity contribution in [1.29, 1.82) is 0 Å². The Morgan fingerprint density at radius 1 is 1.50 bits per heavy atom. The molecule has 1 aliphatic rings. The van der Waals surface area contributed by atoms with Crippen LogP contribution in [0.4, 0.5) is 0 Å². The largest absolute Gasteiger partial charge is 0.343 e. The van der Waals surface area contributed by atoms with Crippen LogP contribution in [0.3, 0.4) is 0 Å². The van der Waals surface area contributed by atoms with Crippen molar-refractivity contribution in [3.63, 3.8) is 0 Å². The molecule has 14 heavy (non-hydrogen) atoms. The normalized spacial score (nSPS) is 24.8. The second-order valence-electron chi connectivity index (χ2n) is 4.16. The second kappa shape index (κ2) is 4.75. The van der Waals surface area contributed by atoms with Crippen LogP contribution in [0.25, 0.3) is 0 Å². The minimum Gasteiger partial charge on any atom is -0.343 e. The summed E-state index contributed by atoms with van der Waals surface area (Å²) in [5, 5.41) is 3.08. The summed E-state index contributed by atoms with van der Waals surface area (Å²) in [6.45, 7) is 6.84. The summed E-state index contributed by atoms with van der Waals surface area (Å²) < 4.78 is 0. The third kappa shape index (κ3) is 2.25. The van der Waals surface area contributed by atoms with E-state index < -0.39 is 0 Å². The molecule has 1 unspecified atom stereocenters. The molecule has 0 aromatic carbocycles. The summed E-state index contributed by atoms with van der Waals surface area (Å²) in [4.78, 5) is 16.0. The highest BCUT2D eigenvalue weighted by Crippen LogP contribution is 2.12. The Morgan fingerprint density at radius 2 is 2.14 bits per heavy atom. The van der Waals surface area contributed by atoms with Gasteiger partial charge in [-0.1, -0.05) is 0 Å². The lowest BCUT2D eigenvalue weighted by molar-refractivity contribution is -0.141. The second-order valence-corrected chi connectivity index (χ2v) is 4.16. The monoisotopic (exact) mass is 199 g/mol. The van der Waals surface area contributed by atoms with Crippen molar-refractivity contribution in [3.8, 4) is 0 Å². The average Bonchev–Trinajstić information content (AvgIpc) is 2.13. The topological polar surface area (TPSA) is 35.6 Å². The molecule has 1 heterocycles. The maximum absolute atomic E-state index is 11.9. The van der Waals surface area contributed by atoms with Gasteiger partial charge >= 0.3 is 0 Å². The number of piperazine rings is 1. The van der Waals surface area contributed by atoms with Gasteiger partial charge in [0.05, 0.1) is 0 Å². The molecule has 1 fully saturated rings. The molecule has 1 aliphatic heterocycles. The van der Waals surface area contributed by atoms with Crippen LogP contribution in [0.1, 0.15) is 13.8 Å². The van der Waals surface area contributed by atoms with Gasteiger partial charge in [0.1, 0.15) is 6.04 Å². The van der Waals surface area contributed by atoms with E-state index >= 15 is 0 Å². The number of amides is 1. The summed E-state index contributed by atoms with van der Waals surface area (Å²) >= 11 is 0. The highest BCUT2D eigenvalue weighted by atomic mass is 16.2. The van der Waals surface area contributed by atoms with Crippen molar-refractivity contribution in [1.82, 2.24) is 15.1 Å². The van der Waals surface area contributed by atoms with Crippen molar-refractivity contribution in [2.75, 3.05) is 33.7 Å². The van der Waals surface area contributed by atoms with Gasteiger partial charge in [-0.3, -0.25) is 9.69 Å². The first-order valence-electron chi connectivity index (χ1n) is 5.23. The number of hydrogen-bond donors (Lipinski definition) is 1. The number of nitrogens with zero attached hydrogens (tertiary/aromatic N) is 2. The average molecular weight is 199 g/mol. The minimum absolute atomic E-state index is 0.0127. The molecule has 1 rings (SSSR count).